The molecule has 0 amide bonds. The van der Waals surface area contributed by atoms with Gasteiger partial charge < -0.3 is 23.7 Å². The molecule has 28 heavy (non-hydrogen) atoms. The third-order valence-electron chi connectivity index (χ3n) is 5.18. The highest BCUT2D eigenvalue weighted by atomic mass is 16.6. The molecule has 1 unspecified atom stereocenters. The van der Waals surface area contributed by atoms with Crippen LogP contribution in [-0.2, 0) is 15.9 Å². The van der Waals surface area contributed by atoms with Gasteiger partial charge in [0.15, 0.2) is 11.5 Å². The van der Waals surface area contributed by atoms with E-state index in [9.17, 15) is 0 Å². The Hall–Kier alpha value is -2.50. The first kappa shape index (κ1) is 18.8. The second kappa shape index (κ2) is 8.25. The van der Waals surface area contributed by atoms with Crippen LogP contribution >= 0.6 is 0 Å². The van der Waals surface area contributed by atoms with Crippen molar-refractivity contribution >= 4 is 21.5 Å². The molecule has 1 fully saturated rings. The molecule has 0 aromatic heterocycles. The van der Waals surface area contributed by atoms with Crippen molar-refractivity contribution in [2.75, 3.05) is 41.2 Å². The molecule has 5 heteroatoms. The fourth-order valence-electron chi connectivity index (χ4n) is 3.74. The molecule has 3 aromatic rings. The van der Waals surface area contributed by atoms with Gasteiger partial charge in [-0.15, -0.1) is 0 Å². The maximum absolute atomic E-state index is 5.77. The van der Waals surface area contributed by atoms with Gasteiger partial charge in [0.05, 0.1) is 34.5 Å². The van der Waals surface area contributed by atoms with E-state index < -0.39 is 0 Å². The quantitative estimate of drug-likeness (QED) is 0.313. The summed E-state index contributed by atoms with van der Waals surface area (Å²) in [5.74, 6) is 2.06. The molecule has 1 heterocycles. The van der Waals surface area contributed by atoms with Crippen molar-refractivity contribution in [3.05, 3.63) is 42.0 Å². The normalized spacial score (nSPS) is 15.8. The molecule has 0 spiro atoms. The van der Waals surface area contributed by atoms with Gasteiger partial charge in [0, 0.05) is 17.6 Å². The van der Waals surface area contributed by atoms with Gasteiger partial charge in [-0.05, 0) is 41.1 Å². The Morgan fingerprint density at radius 1 is 0.893 bits per heavy atom. The number of methoxy groups -OCH3 is 3. The molecule has 148 valence electrons. The van der Waals surface area contributed by atoms with Crippen molar-refractivity contribution in [2.45, 2.75) is 18.9 Å². The summed E-state index contributed by atoms with van der Waals surface area (Å²) >= 11 is 0. The lowest BCUT2D eigenvalue weighted by Crippen LogP contribution is -2.05. The van der Waals surface area contributed by atoms with Crippen LogP contribution in [0.2, 0.25) is 0 Å². The SMILES string of the molecule is COc1c(OC)c(OC)c2cc3ccccc3cc2c1CCCOCC1CO1. The number of aryl methyl sites for hydroxylation is 1. The van der Waals surface area contributed by atoms with Crippen LogP contribution in [-0.4, -0.2) is 47.3 Å². The Bertz CT molecular complexity index is 978. The first-order chi connectivity index (χ1) is 13.8. The highest BCUT2D eigenvalue weighted by Gasteiger charge is 2.23. The monoisotopic (exact) mass is 382 g/mol. The van der Waals surface area contributed by atoms with E-state index in [2.05, 4.69) is 30.3 Å². The highest BCUT2D eigenvalue weighted by Crippen LogP contribution is 2.48. The number of rotatable bonds is 9. The summed E-state index contributed by atoms with van der Waals surface area (Å²) in [5, 5.41) is 4.51. The van der Waals surface area contributed by atoms with Crippen LogP contribution in [0.25, 0.3) is 21.5 Å². The van der Waals surface area contributed by atoms with Crippen molar-refractivity contribution in [1.29, 1.82) is 0 Å². The zero-order valence-corrected chi connectivity index (χ0v) is 16.6. The number of fused-ring (bicyclic) bond motifs is 2. The zero-order valence-electron chi connectivity index (χ0n) is 16.6. The minimum absolute atomic E-state index is 0.294. The largest absolute Gasteiger partial charge is 0.492 e. The summed E-state index contributed by atoms with van der Waals surface area (Å²) in [4.78, 5) is 0. The summed E-state index contributed by atoms with van der Waals surface area (Å²) < 4.78 is 28.1. The van der Waals surface area contributed by atoms with E-state index >= 15 is 0 Å². The summed E-state index contributed by atoms with van der Waals surface area (Å²) in [6.07, 6.45) is 2.01. The fourth-order valence-corrected chi connectivity index (χ4v) is 3.74. The van der Waals surface area contributed by atoms with Gasteiger partial charge in [-0.2, -0.15) is 0 Å². The number of hydrogen-bond acceptors (Lipinski definition) is 5. The third-order valence-corrected chi connectivity index (χ3v) is 5.18. The molecule has 0 aliphatic carbocycles. The molecule has 5 nitrogen and oxygen atoms in total. The Morgan fingerprint density at radius 3 is 2.14 bits per heavy atom. The minimum atomic E-state index is 0.294. The average molecular weight is 382 g/mol. The van der Waals surface area contributed by atoms with Crippen molar-refractivity contribution in [1.82, 2.24) is 0 Å². The number of benzene rings is 3. The van der Waals surface area contributed by atoms with E-state index in [1.807, 2.05) is 6.07 Å². The van der Waals surface area contributed by atoms with Gasteiger partial charge in [-0.1, -0.05) is 24.3 Å². The molecule has 4 rings (SSSR count). The zero-order chi connectivity index (χ0) is 19.5. The predicted molar refractivity (Wildman–Crippen MR) is 110 cm³/mol. The summed E-state index contributed by atoms with van der Waals surface area (Å²) in [6.45, 7) is 2.18. The molecule has 3 aromatic carbocycles. The molecule has 0 saturated carbocycles. The molecule has 1 atom stereocenters. The molecule has 0 bridgehead atoms. The van der Waals surface area contributed by atoms with Crippen LogP contribution in [0.15, 0.2) is 36.4 Å². The Morgan fingerprint density at radius 2 is 1.54 bits per heavy atom. The second-order valence-corrected chi connectivity index (χ2v) is 6.96. The average Bonchev–Trinajstić information content (AvgIpc) is 3.55. The summed E-state index contributed by atoms with van der Waals surface area (Å²) in [7, 11) is 4.99. The van der Waals surface area contributed by atoms with Crippen LogP contribution in [0.1, 0.15) is 12.0 Å². The van der Waals surface area contributed by atoms with Crippen LogP contribution < -0.4 is 14.2 Å². The molecule has 1 saturated heterocycles. The molecular formula is C23H26O5. The minimum Gasteiger partial charge on any atom is -0.492 e. The van der Waals surface area contributed by atoms with Crippen molar-refractivity contribution in [3.63, 3.8) is 0 Å². The van der Waals surface area contributed by atoms with Crippen LogP contribution in [0, 0.1) is 0 Å². The summed E-state index contributed by atoms with van der Waals surface area (Å²) in [5.41, 5.74) is 1.12. The van der Waals surface area contributed by atoms with Gasteiger partial charge in [-0.25, -0.2) is 0 Å². The standard InChI is InChI=1S/C23H26O5/c1-24-21-18(9-6-10-27-13-17-14-28-17)19-11-15-7-4-5-8-16(15)12-20(19)22(25-2)23(21)26-3/h4-5,7-8,11-12,17H,6,9-10,13-14H2,1-3H3. The van der Waals surface area contributed by atoms with Gasteiger partial charge in [0.2, 0.25) is 5.75 Å². The van der Waals surface area contributed by atoms with E-state index in [1.165, 1.54) is 10.8 Å². The van der Waals surface area contributed by atoms with Crippen molar-refractivity contribution < 1.29 is 23.7 Å². The first-order valence-corrected chi connectivity index (χ1v) is 9.59. The van der Waals surface area contributed by atoms with Crippen molar-refractivity contribution in [3.8, 4) is 17.2 Å². The van der Waals surface area contributed by atoms with Gasteiger partial charge in [0.1, 0.15) is 6.10 Å². The van der Waals surface area contributed by atoms with Crippen molar-refractivity contribution in [2.24, 2.45) is 0 Å². The maximum Gasteiger partial charge on any atom is 0.204 e. The maximum atomic E-state index is 5.77. The van der Waals surface area contributed by atoms with Crippen LogP contribution in [0.4, 0.5) is 0 Å². The van der Waals surface area contributed by atoms with Gasteiger partial charge in [-0.3, -0.25) is 0 Å². The lowest BCUT2D eigenvalue weighted by atomic mass is 9.95. The van der Waals surface area contributed by atoms with Crippen LogP contribution in [0.5, 0.6) is 17.2 Å². The highest BCUT2D eigenvalue weighted by molar-refractivity contribution is 6.05. The molecule has 0 N–H and O–H groups in total. The second-order valence-electron chi connectivity index (χ2n) is 6.96. The van der Waals surface area contributed by atoms with E-state index in [-0.39, 0.29) is 0 Å². The third kappa shape index (κ3) is 3.60. The Balaban J connectivity index is 1.78. The number of hydrogen-bond donors (Lipinski definition) is 0. The molecular weight excluding hydrogens is 356 g/mol. The fraction of sp³-hybridized carbons (Fsp3) is 0.391. The topological polar surface area (TPSA) is 49.5 Å². The van der Waals surface area contributed by atoms with E-state index in [1.54, 1.807) is 21.3 Å². The van der Waals surface area contributed by atoms with E-state index in [0.29, 0.717) is 30.8 Å². The molecule has 1 aliphatic rings. The predicted octanol–water partition coefficient (Wildman–Crippen LogP) is 4.37. The molecule has 1 aliphatic heterocycles. The van der Waals surface area contributed by atoms with Gasteiger partial charge in [0.25, 0.3) is 0 Å². The smallest absolute Gasteiger partial charge is 0.204 e. The van der Waals surface area contributed by atoms with E-state index in [0.717, 1.165) is 41.5 Å². The number of epoxide rings is 1. The number of ether oxygens (including phenoxy) is 5. The lowest BCUT2D eigenvalue weighted by molar-refractivity contribution is 0.114. The van der Waals surface area contributed by atoms with E-state index in [4.69, 9.17) is 23.7 Å². The first-order valence-electron chi connectivity index (χ1n) is 9.59. The van der Waals surface area contributed by atoms with Crippen LogP contribution in [0.3, 0.4) is 0 Å². The van der Waals surface area contributed by atoms with Gasteiger partial charge >= 0.3 is 0 Å². The Kier molecular flexibility index (Phi) is 5.55. The molecule has 0 radical (unpaired) electrons. The Labute approximate surface area is 165 Å². The summed E-state index contributed by atoms with van der Waals surface area (Å²) in [6, 6.07) is 12.7. The lowest BCUT2D eigenvalue weighted by Gasteiger charge is -2.20.